The van der Waals surface area contributed by atoms with Crippen molar-refractivity contribution in [2.45, 2.75) is 38.8 Å². The van der Waals surface area contributed by atoms with Crippen LogP contribution in [-0.4, -0.2) is 47.3 Å². The average molecular weight is 328 g/mol. The maximum atomic E-state index is 6.31. The number of pyridine rings is 1. The summed E-state index contributed by atoms with van der Waals surface area (Å²) >= 11 is 0. The van der Waals surface area contributed by atoms with Crippen LogP contribution in [0, 0.1) is 6.92 Å². The Hall–Kier alpha value is -2.08. The lowest BCUT2D eigenvalue weighted by molar-refractivity contribution is 0.198. The lowest BCUT2D eigenvalue weighted by Crippen LogP contribution is -2.26. The van der Waals surface area contributed by atoms with Gasteiger partial charge in [-0.15, -0.1) is 0 Å². The Bertz CT molecular complexity index is 681. The first kappa shape index (κ1) is 15.4. The number of ether oxygens (including phenoxy) is 1. The van der Waals surface area contributed by atoms with E-state index in [2.05, 4.69) is 19.9 Å². The van der Waals surface area contributed by atoms with Gasteiger partial charge in [-0.3, -0.25) is 4.90 Å². The van der Waals surface area contributed by atoms with Crippen LogP contribution in [0.5, 0.6) is 5.75 Å². The number of nitrogens with zero attached hydrogens (tertiary/aromatic N) is 4. The Morgan fingerprint density at radius 3 is 2.96 bits per heavy atom. The molecule has 24 heavy (non-hydrogen) atoms. The minimum absolute atomic E-state index is 0.218. The van der Waals surface area contributed by atoms with E-state index >= 15 is 0 Å². The maximum absolute atomic E-state index is 6.31. The van der Waals surface area contributed by atoms with E-state index in [1.54, 1.807) is 6.26 Å². The van der Waals surface area contributed by atoms with Crippen molar-refractivity contribution in [2.24, 2.45) is 0 Å². The van der Waals surface area contributed by atoms with Gasteiger partial charge in [0.1, 0.15) is 12.4 Å². The molecular weight excluding hydrogens is 304 g/mol. The predicted molar refractivity (Wildman–Crippen MR) is 91.2 cm³/mol. The average Bonchev–Trinajstić information content (AvgIpc) is 3.32. The lowest BCUT2D eigenvalue weighted by atomic mass is 10.2. The molecule has 6 heteroatoms. The molecule has 0 spiro atoms. The third-order valence-corrected chi connectivity index (χ3v) is 4.92. The molecule has 2 saturated heterocycles. The van der Waals surface area contributed by atoms with Crippen LogP contribution in [0.15, 0.2) is 29.1 Å². The van der Waals surface area contributed by atoms with Crippen molar-refractivity contribution in [2.75, 3.05) is 31.1 Å². The van der Waals surface area contributed by atoms with E-state index in [9.17, 15) is 0 Å². The third-order valence-electron chi connectivity index (χ3n) is 4.92. The minimum Gasteiger partial charge on any atom is -0.485 e. The number of aromatic nitrogens is 2. The summed E-state index contributed by atoms with van der Waals surface area (Å²) in [6, 6.07) is 4.01. The standard InChI is InChI=1S/C18H24N4O2/c1-14-15(13-23-20-14)11-21-10-6-16(12-21)24-17-5-4-7-19-18(17)22-8-2-3-9-22/h4-5,7,13,16H,2-3,6,8-12H2,1H3/t16-/m1/s1. The van der Waals surface area contributed by atoms with Gasteiger partial charge in [-0.05, 0) is 38.3 Å². The fourth-order valence-electron chi connectivity index (χ4n) is 3.56. The van der Waals surface area contributed by atoms with Crippen LogP contribution in [0.2, 0.25) is 0 Å². The van der Waals surface area contributed by atoms with Gasteiger partial charge in [-0.2, -0.15) is 0 Å². The number of aryl methyl sites for hydroxylation is 1. The first-order valence-corrected chi connectivity index (χ1v) is 8.78. The highest BCUT2D eigenvalue weighted by molar-refractivity contribution is 5.52. The molecule has 0 N–H and O–H groups in total. The summed E-state index contributed by atoms with van der Waals surface area (Å²) in [5.74, 6) is 1.93. The van der Waals surface area contributed by atoms with Crippen molar-refractivity contribution in [1.29, 1.82) is 0 Å². The van der Waals surface area contributed by atoms with Gasteiger partial charge in [0.25, 0.3) is 0 Å². The highest BCUT2D eigenvalue weighted by atomic mass is 16.5. The van der Waals surface area contributed by atoms with Gasteiger partial charge in [-0.25, -0.2) is 4.98 Å². The quantitative estimate of drug-likeness (QED) is 0.841. The van der Waals surface area contributed by atoms with Crippen LogP contribution in [0.25, 0.3) is 0 Å². The lowest BCUT2D eigenvalue weighted by Gasteiger charge is -2.22. The van der Waals surface area contributed by atoms with Gasteiger partial charge >= 0.3 is 0 Å². The first-order chi connectivity index (χ1) is 11.8. The second-order valence-corrected chi connectivity index (χ2v) is 6.71. The summed E-state index contributed by atoms with van der Waals surface area (Å²) in [6.45, 7) is 6.99. The van der Waals surface area contributed by atoms with Crippen molar-refractivity contribution >= 4 is 5.82 Å². The SMILES string of the molecule is Cc1nocc1CN1CC[C@@H](Oc2cccnc2N2CCCC2)C1. The van der Waals surface area contributed by atoms with E-state index in [0.29, 0.717) is 0 Å². The fourth-order valence-corrected chi connectivity index (χ4v) is 3.56. The third kappa shape index (κ3) is 3.24. The van der Waals surface area contributed by atoms with Gasteiger partial charge in [0.05, 0.1) is 5.69 Å². The van der Waals surface area contributed by atoms with Crippen molar-refractivity contribution in [3.63, 3.8) is 0 Å². The predicted octanol–water partition coefficient (Wildman–Crippen LogP) is 2.63. The summed E-state index contributed by atoms with van der Waals surface area (Å²) in [5, 5.41) is 3.95. The Kier molecular flexibility index (Phi) is 4.38. The van der Waals surface area contributed by atoms with Crippen LogP contribution in [0.4, 0.5) is 5.82 Å². The molecule has 2 aliphatic rings. The van der Waals surface area contributed by atoms with Crippen molar-refractivity contribution in [1.82, 2.24) is 15.0 Å². The Morgan fingerprint density at radius 1 is 1.29 bits per heavy atom. The Labute approximate surface area is 142 Å². The summed E-state index contributed by atoms with van der Waals surface area (Å²) < 4.78 is 11.3. The van der Waals surface area contributed by atoms with Gasteiger partial charge in [0.15, 0.2) is 11.6 Å². The van der Waals surface area contributed by atoms with E-state index in [1.807, 2.05) is 25.3 Å². The number of hydrogen-bond acceptors (Lipinski definition) is 6. The molecule has 0 bridgehead atoms. The monoisotopic (exact) mass is 328 g/mol. The van der Waals surface area contributed by atoms with Gasteiger partial charge in [-0.1, -0.05) is 5.16 Å². The molecule has 0 amide bonds. The summed E-state index contributed by atoms with van der Waals surface area (Å²) in [7, 11) is 0. The zero-order chi connectivity index (χ0) is 16.4. The van der Waals surface area contributed by atoms with E-state index in [1.165, 1.54) is 12.8 Å². The summed E-state index contributed by atoms with van der Waals surface area (Å²) in [4.78, 5) is 9.30. The second-order valence-electron chi connectivity index (χ2n) is 6.71. The van der Waals surface area contributed by atoms with E-state index in [-0.39, 0.29) is 6.10 Å². The zero-order valence-corrected chi connectivity index (χ0v) is 14.1. The first-order valence-electron chi connectivity index (χ1n) is 8.78. The Morgan fingerprint density at radius 2 is 2.17 bits per heavy atom. The van der Waals surface area contributed by atoms with Crippen molar-refractivity contribution in [3.05, 3.63) is 35.9 Å². The molecule has 0 unspecified atom stereocenters. The molecule has 6 nitrogen and oxygen atoms in total. The normalized spacial score (nSPS) is 21.5. The fraction of sp³-hybridized carbons (Fsp3) is 0.556. The largest absolute Gasteiger partial charge is 0.485 e. The number of rotatable bonds is 5. The van der Waals surface area contributed by atoms with Crippen LogP contribution in [0.1, 0.15) is 30.5 Å². The van der Waals surface area contributed by atoms with Gasteiger partial charge in [0.2, 0.25) is 0 Å². The van der Waals surface area contributed by atoms with E-state index in [0.717, 1.165) is 62.0 Å². The number of hydrogen-bond donors (Lipinski definition) is 0. The highest BCUT2D eigenvalue weighted by Crippen LogP contribution is 2.30. The van der Waals surface area contributed by atoms with Crippen LogP contribution in [0.3, 0.4) is 0 Å². The summed E-state index contributed by atoms with van der Waals surface area (Å²) in [6.07, 6.45) is 7.34. The minimum atomic E-state index is 0.218. The molecule has 128 valence electrons. The van der Waals surface area contributed by atoms with Gasteiger partial charge in [0, 0.05) is 44.5 Å². The number of likely N-dealkylation sites (tertiary alicyclic amines) is 1. The smallest absolute Gasteiger partial charge is 0.171 e. The highest BCUT2D eigenvalue weighted by Gasteiger charge is 2.27. The molecule has 0 aromatic carbocycles. The van der Waals surface area contributed by atoms with Crippen LogP contribution >= 0.6 is 0 Å². The van der Waals surface area contributed by atoms with E-state index < -0.39 is 0 Å². The molecular formula is C18H24N4O2. The van der Waals surface area contributed by atoms with E-state index in [4.69, 9.17) is 9.26 Å². The maximum Gasteiger partial charge on any atom is 0.171 e. The molecule has 0 saturated carbocycles. The molecule has 4 rings (SSSR count). The van der Waals surface area contributed by atoms with Gasteiger partial charge < -0.3 is 14.2 Å². The Balaban J connectivity index is 1.39. The second kappa shape index (κ2) is 6.81. The molecule has 2 aromatic rings. The van der Waals surface area contributed by atoms with Crippen LogP contribution in [-0.2, 0) is 6.54 Å². The molecule has 0 radical (unpaired) electrons. The van der Waals surface area contributed by atoms with Crippen molar-refractivity contribution < 1.29 is 9.26 Å². The van der Waals surface area contributed by atoms with Crippen molar-refractivity contribution in [3.8, 4) is 5.75 Å². The molecule has 2 aromatic heterocycles. The molecule has 4 heterocycles. The molecule has 0 aliphatic carbocycles. The molecule has 1 atom stereocenters. The molecule has 2 aliphatic heterocycles. The topological polar surface area (TPSA) is 54.6 Å². The summed E-state index contributed by atoms with van der Waals surface area (Å²) in [5.41, 5.74) is 2.14. The zero-order valence-electron chi connectivity index (χ0n) is 14.1. The number of anilines is 1. The van der Waals surface area contributed by atoms with Crippen LogP contribution < -0.4 is 9.64 Å². The molecule has 2 fully saturated rings.